The fraction of sp³-hybridized carbons (Fsp3) is 0.222. The number of para-hydroxylation sites is 2. The van der Waals surface area contributed by atoms with E-state index in [9.17, 15) is 9.59 Å². The first-order chi connectivity index (χ1) is 11.5. The quantitative estimate of drug-likeness (QED) is 0.813. The van der Waals surface area contributed by atoms with Crippen molar-refractivity contribution in [1.82, 2.24) is 0 Å². The monoisotopic (exact) mass is 347 g/mol. The van der Waals surface area contributed by atoms with Gasteiger partial charge >= 0.3 is 5.97 Å². The highest BCUT2D eigenvalue weighted by Crippen LogP contribution is 2.21. The van der Waals surface area contributed by atoms with Crippen LogP contribution in [0.1, 0.15) is 12.5 Å². The van der Waals surface area contributed by atoms with Crippen molar-refractivity contribution in [1.29, 1.82) is 0 Å². The first-order valence-corrected chi connectivity index (χ1v) is 7.76. The molecule has 5 nitrogen and oxygen atoms in total. The predicted molar refractivity (Wildman–Crippen MR) is 92.3 cm³/mol. The predicted octanol–water partition coefficient (Wildman–Crippen LogP) is 3.46. The van der Waals surface area contributed by atoms with Crippen LogP contribution in [0, 0.1) is 0 Å². The maximum absolute atomic E-state index is 12.1. The van der Waals surface area contributed by atoms with E-state index in [-0.39, 0.29) is 6.42 Å². The number of hydrogen-bond acceptors (Lipinski definition) is 4. The summed E-state index contributed by atoms with van der Waals surface area (Å²) in [6.45, 7) is 1.51. The van der Waals surface area contributed by atoms with Gasteiger partial charge in [0.05, 0.1) is 24.2 Å². The minimum Gasteiger partial charge on any atom is -0.496 e. The van der Waals surface area contributed by atoms with Gasteiger partial charge in [-0.25, -0.2) is 0 Å². The Morgan fingerprint density at radius 2 is 1.79 bits per heavy atom. The van der Waals surface area contributed by atoms with Crippen LogP contribution in [0.4, 0.5) is 5.69 Å². The van der Waals surface area contributed by atoms with E-state index in [1.807, 2.05) is 6.07 Å². The highest BCUT2D eigenvalue weighted by atomic mass is 35.5. The Hall–Kier alpha value is -2.53. The normalized spacial score (nSPS) is 11.5. The number of anilines is 1. The molecule has 0 aliphatic heterocycles. The zero-order valence-corrected chi connectivity index (χ0v) is 14.2. The van der Waals surface area contributed by atoms with Crippen LogP contribution in [0.3, 0.4) is 0 Å². The van der Waals surface area contributed by atoms with Crippen molar-refractivity contribution in [3.8, 4) is 5.75 Å². The van der Waals surface area contributed by atoms with E-state index in [1.54, 1.807) is 42.5 Å². The lowest BCUT2D eigenvalue weighted by atomic mass is 10.1. The van der Waals surface area contributed by atoms with Gasteiger partial charge in [-0.2, -0.15) is 0 Å². The van der Waals surface area contributed by atoms with Gasteiger partial charge in [0.2, 0.25) is 0 Å². The molecule has 0 aliphatic carbocycles. The van der Waals surface area contributed by atoms with Crippen molar-refractivity contribution in [3.05, 3.63) is 59.1 Å². The Bertz CT molecular complexity index is 732. The summed E-state index contributed by atoms with van der Waals surface area (Å²) in [5, 5.41) is 3.04. The molecule has 0 bridgehead atoms. The van der Waals surface area contributed by atoms with E-state index in [0.29, 0.717) is 22.0 Å². The Balaban J connectivity index is 1.93. The number of nitrogens with one attached hydrogen (secondary N) is 1. The van der Waals surface area contributed by atoms with Crippen LogP contribution in [-0.2, 0) is 20.7 Å². The zero-order valence-electron chi connectivity index (χ0n) is 13.4. The zero-order chi connectivity index (χ0) is 17.5. The second-order valence-corrected chi connectivity index (χ2v) is 5.50. The number of rotatable bonds is 6. The molecule has 0 aliphatic rings. The van der Waals surface area contributed by atoms with Crippen molar-refractivity contribution in [3.63, 3.8) is 0 Å². The average molecular weight is 348 g/mol. The SMILES string of the molecule is COc1ccccc1CC(=O)O[C@H](C)C(=O)Nc1ccccc1Cl. The van der Waals surface area contributed by atoms with Gasteiger partial charge < -0.3 is 14.8 Å². The molecule has 1 atom stereocenters. The number of halogens is 1. The molecule has 0 heterocycles. The Labute approximate surface area is 145 Å². The number of hydrogen-bond donors (Lipinski definition) is 1. The standard InChI is InChI=1S/C18H18ClNO4/c1-12(18(22)20-15-9-5-4-8-14(15)19)24-17(21)11-13-7-3-6-10-16(13)23-2/h3-10,12H,11H2,1-2H3,(H,20,22)/t12-/m1/s1. The van der Waals surface area contributed by atoms with Gasteiger partial charge in [0.1, 0.15) is 5.75 Å². The largest absolute Gasteiger partial charge is 0.496 e. The number of esters is 1. The van der Waals surface area contributed by atoms with E-state index < -0.39 is 18.0 Å². The minimum absolute atomic E-state index is 0.0216. The number of amides is 1. The molecule has 126 valence electrons. The lowest BCUT2D eigenvalue weighted by Crippen LogP contribution is -2.30. The van der Waals surface area contributed by atoms with E-state index in [2.05, 4.69) is 5.32 Å². The first kappa shape index (κ1) is 17.8. The molecule has 2 aromatic carbocycles. The minimum atomic E-state index is -0.941. The van der Waals surface area contributed by atoms with Crippen LogP contribution in [0.25, 0.3) is 0 Å². The van der Waals surface area contributed by atoms with E-state index in [1.165, 1.54) is 14.0 Å². The van der Waals surface area contributed by atoms with Gasteiger partial charge in [0, 0.05) is 5.56 Å². The van der Waals surface area contributed by atoms with E-state index >= 15 is 0 Å². The number of carbonyl (C=O) groups excluding carboxylic acids is 2. The molecule has 0 unspecified atom stereocenters. The van der Waals surface area contributed by atoms with Gasteiger partial charge in [-0.05, 0) is 25.1 Å². The summed E-state index contributed by atoms with van der Waals surface area (Å²) in [6.07, 6.45) is -0.920. The van der Waals surface area contributed by atoms with Gasteiger partial charge in [-0.3, -0.25) is 9.59 Å². The van der Waals surface area contributed by atoms with Crippen LogP contribution >= 0.6 is 11.6 Å². The van der Waals surface area contributed by atoms with Gasteiger partial charge in [-0.15, -0.1) is 0 Å². The van der Waals surface area contributed by atoms with Crippen molar-refractivity contribution in [2.75, 3.05) is 12.4 Å². The van der Waals surface area contributed by atoms with Crippen molar-refractivity contribution < 1.29 is 19.1 Å². The lowest BCUT2D eigenvalue weighted by Gasteiger charge is -2.15. The van der Waals surface area contributed by atoms with Crippen LogP contribution in [0.2, 0.25) is 5.02 Å². The number of methoxy groups -OCH3 is 1. The Kier molecular flexibility index (Phi) is 6.21. The fourth-order valence-corrected chi connectivity index (χ4v) is 2.28. The maximum Gasteiger partial charge on any atom is 0.311 e. The molecule has 0 saturated carbocycles. The molecule has 24 heavy (non-hydrogen) atoms. The molecule has 0 saturated heterocycles. The third-order valence-electron chi connectivity index (χ3n) is 3.34. The van der Waals surface area contributed by atoms with Gasteiger partial charge in [0.15, 0.2) is 6.10 Å². The molecule has 0 spiro atoms. The molecule has 1 amide bonds. The van der Waals surface area contributed by atoms with Gasteiger partial charge in [0.25, 0.3) is 5.91 Å². The van der Waals surface area contributed by atoms with Crippen LogP contribution in [-0.4, -0.2) is 25.1 Å². The second-order valence-electron chi connectivity index (χ2n) is 5.09. The summed E-state index contributed by atoms with van der Waals surface area (Å²) in [6, 6.07) is 14.0. The third-order valence-corrected chi connectivity index (χ3v) is 3.67. The maximum atomic E-state index is 12.1. The van der Waals surface area contributed by atoms with Crippen LogP contribution in [0.15, 0.2) is 48.5 Å². The molecular weight excluding hydrogens is 330 g/mol. The Morgan fingerprint density at radius 1 is 1.12 bits per heavy atom. The van der Waals surface area contributed by atoms with Crippen molar-refractivity contribution >= 4 is 29.2 Å². The summed E-state index contributed by atoms with van der Waals surface area (Å²) >= 11 is 5.98. The highest BCUT2D eigenvalue weighted by Gasteiger charge is 2.19. The first-order valence-electron chi connectivity index (χ1n) is 7.38. The van der Waals surface area contributed by atoms with Crippen LogP contribution in [0.5, 0.6) is 5.75 Å². The van der Waals surface area contributed by atoms with Crippen molar-refractivity contribution in [2.24, 2.45) is 0 Å². The van der Waals surface area contributed by atoms with Crippen LogP contribution < -0.4 is 10.1 Å². The topological polar surface area (TPSA) is 64.6 Å². The summed E-state index contributed by atoms with van der Waals surface area (Å²) in [7, 11) is 1.53. The number of benzene rings is 2. The lowest BCUT2D eigenvalue weighted by molar-refractivity contribution is -0.152. The number of carbonyl (C=O) groups is 2. The second kappa shape index (κ2) is 8.36. The summed E-state index contributed by atoms with van der Waals surface area (Å²) in [5.41, 5.74) is 1.17. The Morgan fingerprint density at radius 3 is 2.50 bits per heavy atom. The molecule has 0 aromatic heterocycles. The molecule has 6 heteroatoms. The van der Waals surface area contributed by atoms with Gasteiger partial charge in [-0.1, -0.05) is 41.9 Å². The molecule has 0 radical (unpaired) electrons. The summed E-state index contributed by atoms with van der Waals surface area (Å²) in [4.78, 5) is 24.1. The summed E-state index contributed by atoms with van der Waals surface area (Å²) < 4.78 is 10.4. The summed E-state index contributed by atoms with van der Waals surface area (Å²) in [5.74, 6) is -0.361. The molecule has 0 fully saturated rings. The molecule has 2 rings (SSSR count). The molecule has 2 aromatic rings. The van der Waals surface area contributed by atoms with E-state index in [0.717, 1.165) is 0 Å². The molecular formula is C18H18ClNO4. The average Bonchev–Trinajstić information content (AvgIpc) is 2.57. The van der Waals surface area contributed by atoms with E-state index in [4.69, 9.17) is 21.1 Å². The smallest absolute Gasteiger partial charge is 0.311 e. The van der Waals surface area contributed by atoms with Crippen molar-refractivity contribution in [2.45, 2.75) is 19.4 Å². The molecule has 1 N–H and O–H groups in total. The highest BCUT2D eigenvalue weighted by molar-refractivity contribution is 6.33. The number of ether oxygens (including phenoxy) is 2. The third kappa shape index (κ3) is 4.73. The fourth-order valence-electron chi connectivity index (χ4n) is 2.09.